The van der Waals surface area contributed by atoms with E-state index in [9.17, 15) is 0 Å². The maximum Gasteiger partial charge on any atom is 0.240 e. The van der Waals surface area contributed by atoms with Gasteiger partial charge in [-0.15, -0.1) is 5.10 Å². The topological polar surface area (TPSA) is 56.2 Å². The molecule has 0 radical (unpaired) electrons. The smallest absolute Gasteiger partial charge is 0.240 e. The minimum absolute atomic E-state index is 0.320. The van der Waals surface area contributed by atoms with Crippen molar-refractivity contribution in [2.45, 2.75) is 6.92 Å². The number of rotatable bonds is 0. The Morgan fingerprint density at radius 3 is 3.00 bits per heavy atom. The Morgan fingerprint density at radius 1 is 1.50 bits per heavy atom. The van der Waals surface area contributed by atoms with Gasteiger partial charge in [-0.1, -0.05) is 0 Å². The van der Waals surface area contributed by atoms with E-state index >= 15 is 0 Å². The number of pyridine rings is 1. The lowest BCUT2D eigenvalue weighted by Gasteiger charge is -1.98. The van der Waals surface area contributed by atoms with Crippen molar-refractivity contribution in [3.63, 3.8) is 0 Å². The number of halogens is 1. The molecule has 2 aromatic heterocycles. The van der Waals surface area contributed by atoms with Gasteiger partial charge in [-0.25, -0.2) is 4.52 Å². The van der Waals surface area contributed by atoms with Crippen molar-refractivity contribution in [2.24, 2.45) is 0 Å². The van der Waals surface area contributed by atoms with E-state index in [1.807, 2.05) is 19.1 Å². The van der Waals surface area contributed by atoms with Crippen molar-refractivity contribution in [3.8, 4) is 0 Å². The predicted molar refractivity (Wildman–Crippen MR) is 54.9 cm³/mol. The number of hydrogen-bond acceptors (Lipinski definition) is 3. The minimum Gasteiger partial charge on any atom is -0.366 e. The molecule has 0 saturated heterocycles. The monoisotopic (exact) mass is 274 g/mol. The van der Waals surface area contributed by atoms with Crippen LogP contribution in [-0.4, -0.2) is 14.6 Å². The summed E-state index contributed by atoms with van der Waals surface area (Å²) in [4.78, 5) is 4.04. The molecule has 0 amide bonds. The lowest BCUT2D eigenvalue weighted by Crippen LogP contribution is -1.96. The first-order chi connectivity index (χ1) is 5.68. The molecule has 4 nitrogen and oxygen atoms in total. The van der Waals surface area contributed by atoms with Crippen molar-refractivity contribution in [1.29, 1.82) is 0 Å². The quantitative estimate of drug-likeness (QED) is 0.735. The Morgan fingerprint density at radius 2 is 2.25 bits per heavy atom. The molecule has 12 heavy (non-hydrogen) atoms. The Balaban J connectivity index is 2.89. The second-order valence-corrected chi connectivity index (χ2v) is 3.67. The number of nitrogen functional groups attached to an aromatic ring is 1. The molecule has 2 heterocycles. The predicted octanol–water partition coefficient (Wildman–Crippen LogP) is 1.22. The molecule has 0 atom stereocenters. The highest BCUT2D eigenvalue weighted by atomic mass is 127. The first kappa shape index (κ1) is 7.78. The molecule has 0 spiro atoms. The highest BCUT2D eigenvalue weighted by Gasteiger charge is 2.03. The summed E-state index contributed by atoms with van der Waals surface area (Å²) < 4.78 is 2.90. The first-order valence-corrected chi connectivity index (χ1v) is 4.54. The molecule has 0 bridgehead atoms. The van der Waals surface area contributed by atoms with E-state index in [4.69, 9.17) is 5.73 Å². The van der Waals surface area contributed by atoms with Crippen LogP contribution < -0.4 is 5.73 Å². The highest BCUT2D eigenvalue weighted by Crippen LogP contribution is 2.13. The molecule has 2 N–H and O–H groups in total. The molecular formula is C7H7IN4. The van der Waals surface area contributed by atoms with Gasteiger partial charge in [0, 0.05) is 3.57 Å². The van der Waals surface area contributed by atoms with Gasteiger partial charge in [0.15, 0.2) is 5.65 Å². The van der Waals surface area contributed by atoms with Crippen LogP contribution in [-0.2, 0) is 0 Å². The SMILES string of the molecule is Cc1c(I)ccc2nc(N)nn12. The van der Waals surface area contributed by atoms with Crippen LogP contribution in [0, 0.1) is 10.5 Å². The van der Waals surface area contributed by atoms with Crippen LogP contribution >= 0.6 is 22.6 Å². The minimum atomic E-state index is 0.320. The molecule has 0 aliphatic carbocycles. The zero-order valence-electron chi connectivity index (χ0n) is 6.45. The third-order valence-electron chi connectivity index (χ3n) is 1.69. The van der Waals surface area contributed by atoms with Crippen molar-refractivity contribution < 1.29 is 0 Å². The lowest BCUT2D eigenvalue weighted by atomic mass is 10.4. The van der Waals surface area contributed by atoms with Crippen LogP contribution in [0.15, 0.2) is 12.1 Å². The van der Waals surface area contributed by atoms with Crippen LogP contribution in [0.25, 0.3) is 5.65 Å². The van der Waals surface area contributed by atoms with Gasteiger partial charge in [0.05, 0.1) is 5.69 Å². The summed E-state index contributed by atoms with van der Waals surface area (Å²) in [5.41, 5.74) is 7.33. The summed E-state index contributed by atoms with van der Waals surface area (Å²) >= 11 is 2.25. The summed E-state index contributed by atoms with van der Waals surface area (Å²) in [6.45, 7) is 1.99. The van der Waals surface area contributed by atoms with Crippen molar-refractivity contribution in [3.05, 3.63) is 21.4 Å². The van der Waals surface area contributed by atoms with Crippen molar-refractivity contribution in [2.75, 3.05) is 5.73 Å². The maximum absolute atomic E-state index is 5.46. The summed E-state index contributed by atoms with van der Waals surface area (Å²) in [5, 5.41) is 4.05. The Labute approximate surface area is 82.9 Å². The van der Waals surface area contributed by atoms with E-state index in [0.29, 0.717) is 5.95 Å². The van der Waals surface area contributed by atoms with Crippen molar-refractivity contribution in [1.82, 2.24) is 14.6 Å². The van der Waals surface area contributed by atoms with Gasteiger partial charge in [0.1, 0.15) is 0 Å². The molecular weight excluding hydrogens is 267 g/mol. The van der Waals surface area contributed by atoms with E-state index in [-0.39, 0.29) is 0 Å². The van der Waals surface area contributed by atoms with Crippen LogP contribution in [0.2, 0.25) is 0 Å². The fourth-order valence-corrected chi connectivity index (χ4v) is 1.47. The highest BCUT2D eigenvalue weighted by molar-refractivity contribution is 14.1. The Hall–Kier alpha value is -0.850. The van der Waals surface area contributed by atoms with Gasteiger partial charge < -0.3 is 5.73 Å². The zero-order chi connectivity index (χ0) is 8.72. The van der Waals surface area contributed by atoms with E-state index in [1.165, 1.54) is 0 Å². The van der Waals surface area contributed by atoms with E-state index < -0.39 is 0 Å². The molecule has 0 fully saturated rings. The molecule has 2 rings (SSSR count). The summed E-state index contributed by atoms with van der Waals surface area (Å²) in [7, 11) is 0. The molecule has 0 saturated carbocycles. The third-order valence-corrected chi connectivity index (χ3v) is 2.83. The Bertz CT molecular complexity index is 434. The number of fused-ring (bicyclic) bond motifs is 1. The van der Waals surface area contributed by atoms with Gasteiger partial charge in [0.25, 0.3) is 0 Å². The summed E-state index contributed by atoms with van der Waals surface area (Å²) in [6.07, 6.45) is 0. The van der Waals surface area contributed by atoms with E-state index in [0.717, 1.165) is 14.9 Å². The largest absolute Gasteiger partial charge is 0.366 e. The first-order valence-electron chi connectivity index (χ1n) is 3.46. The molecule has 2 aromatic rings. The maximum atomic E-state index is 5.46. The van der Waals surface area contributed by atoms with Gasteiger partial charge in [-0.2, -0.15) is 4.98 Å². The zero-order valence-corrected chi connectivity index (χ0v) is 8.61. The van der Waals surface area contributed by atoms with Crippen LogP contribution in [0.1, 0.15) is 5.69 Å². The second kappa shape index (κ2) is 2.58. The normalized spacial score (nSPS) is 10.8. The van der Waals surface area contributed by atoms with Gasteiger partial charge >= 0.3 is 0 Å². The van der Waals surface area contributed by atoms with Gasteiger partial charge in [0.2, 0.25) is 5.95 Å². The van der Waals surface area contributed by atoms with Crippen LogP contribution in [0.5, 0.6) is 0 Å². The average molecular weight is 274 g/mol. The van der Waals surface area contributed by atoms with Gasteiger partial charge in [-0.3, -0.25) is 0 Å². The second-order valence-electron chi connectivity index (χ2n) is 2.51. The van der Waals surface area contributed by atoms with Crippen LogP contribution in [0.4, 0.5) is 5.95 Å². The number of nitrogens with two attached hydrogens (primary N) is 1. The molecule has 0 aromatic carbocycles. The van der Waals surface area contributed by atoms with Crippen LogP contribution in [0.3, 0.4) is 0 Å². The standard InChI is InChI=1S/C7H7IN4/c1-4-5(8)2-3-6-10-7(9)11-12(4)6/h2-3H,1H3,(H2,9,11). The third kappa shape index (κ3) is 1.04. The molecule has 0 unspecified atom stereocenters. The number of hydrogen-bond donors (Lipinski definition) is 1. The fraction of sp³-hybridized carbons (Fsp3) is 0.143. The molecule has 0 aliphatic rings. The molecule has 0 aliphatic heterocycles. The van der Waals surface area contributed by atoms with E-state index in [1.54, 1.807) is 4.52 Å². The fourth-order valence-electron chi connectivity index (χ4n) is 1.06. The number of aryl methyl sites for hydroxylation is 1. The molecule has 62 valence electrons. The number of aromatic nitrogens is 3. The van der Waals surface area contributed by atoms with E-state index in [2.05, 4.69) is 32.7 Å². The summed E-state index contributed by atoms with van der Waals surface area (Å²) in [6, 6.07) is 3.90. The summed E-state index contributed by atoms with van der Waals surface area (Å²) in [5.74, 6) is 0.320. The Kier molecular flexibility index (Phi) is 1.67. The average Bonchev–Trinajstić information content (AvgIpc) is 2.39. The number of nitrogens with zero attached hydrogens (tertiary/aromatic N) is 3. The van der Waals surface area contributed by atoms with Gasteiger partial charge in [-0.05, 0) is 41.6 Å². The van der Waals surface area contributed by atoms with Crippen molar-refractivity contribution >= 4 is 34.2 Å². The number of anilines is 1. The lowest BCUT2D eigenvalue weighted by molar-refractivity contribution is 0.913. The molecule has 5 heteroatoms.